The third kappa shape index (κ3) is 4.57. The number of hydrogen-bond donors (Lipinski definition) is 2. The fraction of sp³-hybridized carbons (Fsp3) is 0.318. The molecule has 28 heavy (non-hydrogen) atoms. The van der Waals surface area contributed by atoms with E-state index in [1.165, 1.54) is 5.56 Å². The Bertz CT molecular complexity index is 1030. The van der Waals surface area contributed by atoms with E-state index in [9.17, 15) is 4.79 Å². The zero-order valence-corrected chi connectivity index (χ0v) is 17.6. The van der Waals surface area contributed by atoms with Gasteiger partial charge >= 0.3 is 0 Å². The number of carbonyl (C=O) groups excluding carboxylic acids is 1. The van der Waals surface area contributed by atoms with E-state index in [2.05, 4.69) is 41.6 Å². The van der Waals surface area contributed by atoms with Crippen LogP contribution in [0, 0.1) is 5.41 Å². The number of carbonyl (C=O) groups is 1. The van der Waals surface area contributed by atoms with Gasteiger partial charge < -0.3 is 15.1 Å². The summed E-state index contributed by atoms with van der Waals surface area (Å²) in [5.41, 5.74) is 3.89. The van der Waals surface area contributed by atoms with Crippen LogP contribution in [0.5, 0.6) is 0 Å². The zero-order chi connectivity index (χ0) is 20.5. The summed E-state index contributed by atoms with van der Waals surface area (Å²) in [7, 11) is 0. The summed E-state index contributed by atoms with van der Waals surface area (Å²) >= 11 is 5.25. The van der Waals surface area contributed by atoms with Crippen LogP contribution >= 0.6 is 12.2 Å². The van der Waals surface area contributed by atoms with Crippen LogP contribution in [0.25, 0.3) is 22.6 Å². The van der Waals surface area contributed by atoms with E-state index in [1.807, 2.05) is 51.1 Å². The molecule has 0 radical (unpaired) electrons. The van der Waals surface area contributed by atoms with Gasteiger partial charge in [-0.1, -0.05) is 46.8 Å². The minimum Gasteiger partial charge on any atom is -0.436 e. The number of fused-ring (bicyclic) bond motifs is 1. The molecular formula is C22H25N3O2S. The van der Waals surface area contributed by atoms with E-state index in [0.29, 0.717) is 11.8 Å². The standard InChI is InChI=1S/C22H25N3O2S/c1-13(2)14-9-10-18-17(12-14)24-19(27-18)15-7-6-8-16(11-15)23-21(28)25-20(26)22(3,4)5/h6-13H,1-5H3,(H2,23,25,26,28). The predicted molar refractivity (Wildman–Crippen MR) is 117 cm³/mol. The number of hydrogen-bond acceptors (Lipinski definition) is 4. The Kier molecular flexibility index (Phi) is 5.52. The van der Waals surface area contributed by atoms with Gasteiger partial charge in [0.25, 0.3) is 0 Å². The lowest BCUT2D eigenvalue weighted by molar-refractivity contribution is -0.126. The average molecular weight is 396 g/mol. The first kappa shape index (κ1) is 20.0. The molecule has 0 aliphatic carbocycles. The average Bonchev–Trinajstić information content (AvgIpc) is 3.04. The van der Waals surface area contributed by atoms with Gasteiger partial charge in [-0.05, 0) is 54.0 Å². The van der Waals surface area contributed by atoms with Crippen LogP contribution in [0.15, 0.2) is 46.9 Å². The number of oxazole rings is 1. The van der Waals surface area contributed by atoms with Gasteiger partial charge in [0.15, 0.2) is 10.7 Å². The molecule has 0 fully saturated rings. The number of nitrogens with zero attached hydrogens (tertiary/aromatic N) is 1. The van der Waals surface area contributed by atoms with Crippen molar-refractivity contribution in [3.8, 4) is 11.5 Å². The third-order valence-electron chi connectivity index (χ3n) is 4.35. The second kappa shape index (κ2) is 7.72. The second-order valence-corrected chi connectivity index (χ2v) is 8.55. The Morgan fingerprint density at radius 2 is 1.89 bits per heavy atom. The van der Waals surface area contributed by atoms with Gasteiger partial charge in [-0.15, -0.1) is 0 Å². The highest BCUT2D eigenvalue weighted by Gasteiger charge is 2.22. The molecule has 0 saturated carbocycles. The molecule has 1 aromatic heterocycles. The van der Waals surface area contributed by atoms with Crippen molar-refractivity contribution >= 4 is 40.0 Å². The van der Waals surface area contributed by atoms with E-state index < -0.39 is 5.41 Å². The fourth-order valence-corrected chi connectivity index (χ4v) is 2.82. The zero-order valence-electron chi connectivity index (χ0n) is 16.8. The number of benzene rings is 2. The maximum atomic E-state index is 12.1. The molecule has 0 aliphatic rings. The van der Waals surface area contributed by atoms with Gasteiger partial charge in [-0.3, -0.25) is 4.79 Å². The summed E-state index contributed by atoms with van der Waals surface area (Å²) in [6.07, 6.45) is 0. The first-order chi connectivity index (χ1) is 13.1. The van der Waals surface area contributed by atoms with Gasteiger partial charge in [0.05, 0.1) is 0 Å². The Labute approximate surface area is 170 Å². The van der Waals surface area contributed by atoms with Gasteiger partial charge in [0.1, 0.15) is 5.52 Å². The monoisotopic (exact) mass is 395 g/mol. The minimum absolute atomic E-state index is 0.138. The first-order valence-electron chi connectivity index (χ1n) is 9.27. The molecule has 3 rings (SSSR count). The van der Waals surface area contributed by atoms with Crippen LogP contribution in [-0.2, 0) is 4.79 Å². The number of anilines is 1. The lowest BCUT2D eigenvalue weighted by Gasteiger charge is -2.18. The second-order valence-electron chi connectivity index (χ2n) is 8.14. The lowest BCUT2D eigenvalue weighted by Crippen LogP contribution is -2.41. The molecule has 3 aromatic rings. The van der Waals surface area contributed by atoms with E-state index >= 15 is 0 Å². The van der Waals surface area contributed by atoms with Crippen molar-refractivity contribution < 1.29 is 9.21 Å². The summed E-state index contributed by atoms with van der Waals surface area (Å²) < 4.78 is 5.92. The molecule has 0 unspecified atom stereocenters. The van der Waals surface area contributed by atoms with E-state index in [4.69, 9.17) is 16.6 Å². The summed E-state index contributed by atoms with van der Waals surface area (Å²) in [5, 5.41) is 6.01. The highest BCUT2D eigenvalue weighted by molar-refractivity contribution is 7.80. The number of nitrogens with one attached hydrogen (secondary N) is 2. The largest absolute Gasteiger partial charge is 0.436 e. The molecule has 0 saturated heterocycles. The normalized spacial score (nSPS) is 11.6. The number of aromatic nitrogens is 1. The van der Waals surface area contributed by atoms with E-state index in [0.717, 1.165) is 22.4 Å². The molecule has 0 bridgehead atoms. The summed E-state index contributed by atoms with van der Waals surface area (Å²) in [5.74, 6) is 0.840. The van der Waals surface area contributed by atoms with Gasteiger partial charge in [-0.25, -0.2) is 4.98 Å². The molecule has 0 spiro atoms. The molecule has 2 N–H and O–H groups in total. The maximum absolute atomic E-state index is 12.1. The van der Waals surface area contributed by atoms with Crippen molar-refractivity contribution in [2.45, 2.75) is 40.5 Å². The Balaban J connectivity index is 1.80. The SMILES string of the molecule is CC(C)c1ccc2oc(-c3cccc(NC(=S)NC(=O)C(C)(C)C)c3)nc2c1. The smallest absolute Gasteiger partial charge is 0.231 e. The quantitative estimate of drug-likeness (QED) is 0.575. The number of rotatable bonds is 3. The Morgan fingerprint density at radius 3 is 2.57 bits per heavy atom. The van der Waals surface area contributed by atoms with Crippen molar-refractivity contribution in [1.82, 2.24) is 10.3 Å². The van der Waals surface area contributed by atoms with Gasteiger partial charge in [-0.2, -0.15) is 0 Å². The molecule has 1 amide bonds. The summed E-state index contributed by atoms with van der Waals surface area (Å²) in [6, 6.07) is 13.7. The van der Waals surface area contributed by atoms with E-state index in [1.54, 1.807) is 0 Å². The summed E-state index contributed by atoms with van der Waals surface area (Å²) in [4.78, 5) is 16.7. The maximum Gasteiger partial charge on any atom is 0.231 e. The van der Waals surface area contributed by atoms with Crippen molar-refractivity contribution in [3.63, 3.8) is 0 Å². The molecule has 0 atom stereocenters. The highest BCUT2D eigenvalue weighted by Crippen LogP contribution is 2.28. The van der Waals surface area contributed by atoms with Crippen LogP contribution in [0.3, 0.4) is 0 Å². The minimum atomic E-state index is -0.513. The third-order valence-corrected chi connectivity index (χ3v) is 4.56. The van der Waals surface area contributed by atoms with Crippen molar-refractivity contribution in [1.29, 1.82) is 0 Å². The predicted octanol–water partition coefficient (Wildman–Crippen LogP) is 5.48. The van der Waals surface area contributed by atoms with Crippen LogP contribution < -0.4 is 10.6 Å². The number of thiocarbonyl (C=S) groups is 1. The fourth-order valence-electron chi connectivity index (χ4n) is 2.61. The van der Waals surface area contributed by atoms with Crippen molar-refractivity contribution in [2.75, 3.05) is 5.32 Å². The van der Waals surface area contributed by atoms with Crippen LogP contribution in [0.2, 0.25) is 0 Å². The number of amides is 1. The molecule has 0 aliphatic heterocycles. The van der Waals surface area contributed by atoms with Crippen molar-refractivity contribution in [3.05, 3.63) is 48.0 Å². The lowest BCUT2D eigenvalue weighted by atomic mass is 9.96. The first-order valence-corrected chi connectivity index (χ1v) is 9.67. The van der Waals surface area contributed by atoms with Crippen LogP contribution in [0.4, 0.5) is 5.69 Å². The molecule has 5 nitrogen and oxygen atoms in total. The molecular weight excluding hydrogens is 370 g/mol. The molecule has 6 heteroatoms. The molecule has 1 heterocycles. The van der Waals surface area contributed by atoms with Crippen LogP contribution in [0.1, 0.15) is 46.1 Å². The van der Waals surface area contributed by atoms with Gasteiger partial charge in [0, 0.05) is 16.7 Å². The molecule has 2 aromatic carbocycles. The van der Waals surface area contributed by atoms with Crippen LogP contribution in [-0.4, -0.2) is 16.0 Å². The van der Waals surface area contributed by atoms with Gasteiger partial charge in [0.2, 0.25) is 11.8 Å². The topological polar surface area (TPSA) is 67.2 Å². The van der Waals surface area contributed by atoms with E-state index in [-0.39, 0.29) is 11.0 Å². The summed E-state index contributed by atoms with van der Waals surface area (Å²) in [6.45, 7) is 9.81. The van der Waals surface area contributed by atoms with Crippen molar-refractivity contribution in [2.24, 2.45) is 5.41 Å². The Hall–Kier alpha value is -2.73. The Morgan fingerprint density at radius 1 is 1.14 bits per heavy atom. The molecule has 146 valence electrons. The highest BCUT2D eigenvalue weighted by atomic mass is 32.1.